The number of nitrogens with one attached hydrogen (secondary N) is 1. The Kier molecular flexibility index (Phi) is 2.67. The van der Waals surface area contributed by atoms with Crippen molar-refractivity contribution in [3.8, 4) is 0 Å². The first kappa shape index (κ1) is 9.71. The maximum absolute atomic E-state index is 5.42. The lowest BCUT2D eigenvalue weighted by Gasteiger charge is -2.02. The quantitative estimate of drug-likeness (QED) is 0.831. The third-order valence-electron chi connectivity index (χ3n) is 2.01. The molecule has 0 unspecified atom stereocenters. The summed E-state index contributed by atoms with van der Waals surface area (Å²) in [5, 5.41) is 3.10. The standard InChI is InChI=1S/C11H13N3O/c1-8-5-6-12-11(14-8)13-7-10-4-3-9(2)15-10/h3-6H,7H2,1-2H3,(H,12,13,14). The van der Waals surface area contributed by atoms with Gasteiger partial charge < -0.3 is 9.73 Å². The van der Waals surface area contributed by atoms with Crippen LogP contribution < -0.4 is 5.32 Å². The van der Waals surface area contributed by atoms with Gasteiger partial charge in [0.25, 0.3) is 0 Å². The van der Waals surface area contributed by atoms with Crippen LogP contribution in [0.5, 0.6) is 0 Å². The first-order valence-electron chi connectivity index (χ1n) is 4.83. The highest BCUT2D eigenvalue weighted by atomic mass is 16.3. The van der Waals surface area contributed by atoms with Crippen molar-refractivity contribution in [2.24, 2.45) is 0 Å². The van der Waals surface area contributed by atoms with E-state index in [-0.39, 0.29) is 0 Å². The van der Waals surface area contributed by atoms with Crippen molar-refractivity contribution in [1.82, 2.24) is 9.97 Å². The lowest BCUT2D eigenvalue weighted by molar-refractivity contribution is 0.490. The fourth-order valence-corrected chi connectivity index (χ4v) is 1.28. The van der Waals surface area contributed by atoms with Crippen molar-refractivity contribution in [2.75, 3.05) is 5.32 Å². The minimum Gasteiger partial charge on any atom is -0.465 e. The third-order valence-corrected chi connectivity index (χ3v) is 2.01. The largest absolute Gasteiger partial charge is 0.465 e. The normalized spacial score (nSPS) is 10.3. The molecule has 0 saturated heterocycles. The molecule has 0 aromatic carbocycles. The highest BCUT2D eigenvalue weighted by Crippen LogP contribution is 2.08. The van der Waals surface area contributed by atoms with E-state index in [0.717, 1.165) is 17.2 Å². The molecule has 0 aliphatic heterocycles. The van der Waals surface area contributed by atoms with Crippen LogP contribution in [0.25, 0.3) is 0 Å². The van der Waals surface area contributed by atoms with Gasteiger partial charge in [-0.2, -0.15) is 0 Å². The number of nitrogens with zero attached hydrogens (tertiary/aromatic N) is 2. The summed E-state index contributed by atoms with van der Waals surface area (Å²) in [7, 11) is 0. The van der Waals surface area contributed by atoms with Gasteiger partial charge in [0.2, 0.25) is 5.95 Å². The molecule has 78 valence electrons. The molecular weight excluding hydrogens is 190 g/mol. The maximum Gasteiger partial charge on any atom is 0.223 e. The number of hydrogen-bond donors (Lipinski definition) is 1. The van der Waals surface area contributed by atoms with Gasteiger partial charge in [-0.25, -0.2) is 9.97 Å². The van der Waals surface area contributed by atoms with Gasteiger partial charge in [0.05, 0.1) is 6.54 Å². The van der Waals surface area contributed by atoms with E-state index in [1.165, 1.54) is 0 Å². The van der Waals surface area contributed by atoms with Gasteiger partial charge in [-0.15, -0.1) is 0 Å². The van der Waals surface area contributed by atoms with Gasteiger partial charge in [-0.1, -0.05) is 0 Å². The van der Waals surface area contributed by atoms with Gasteiger partial charge in [-0.3, -0.25) is 0 Å². The number of aryl methyl sites for hydroxylation is 2. The van der Waals surface area contributed by atoms with E-state index >= 15 is 0 Å². The van der Waals surface area contributed by atoms with Crippen LogP contribution in [0.4, 0.5) is 5.95 Å². The summed E-state index contributed by atoms with van der Waals surface area (Å²) in [6.45, 7) is 4.47. The Hall–Kier alpha value is -1.84. The summed E-state index contributed by atoms with van der Waals surface area (Å²) >= 11 is 0. The molecule has 4 nitrogen and oxygen atoms in total. The van der Waals surface area contributed by atoms with Crippen molar-refractivity contribution in [3.05, 3.63) is 41.6 Å². The number of aromatic nitrogens is 2. The number of furan rings is 1. The van der Waals surface area contributed by atoms with Crippen molar-refractivity contribution < 1.29 is 4.42 Å². The van der Waals surface area contributed by atoms with Crippen molar-refractivity contribution in [3.63, 3.8) is 0 Å². The summed E-state index contributed by atoms with van der Waals surface area (Å²) < 4.78 is 5.42. The molecule has 0 aliphatic rings. The molecule has 0 fully saturated rings. The molecule has 0 spiro atoms. The summed E-state index contributed by atoms with van der Waals surface area (Å²) in [6.07, 6.45) is 1.73. The zero-order valence-corrected chi connectivity index (χ0v) is 8.82. The average molecular weight is 203 g/mol. The van der Waals surface area contributed by atoms with E-state index in [2.05, 4.69) is 15.3 Å². The van der Waals surface area contributed by atoms with E-state index in [9.17, 15) is 0 Å². The van der Waals surface area contributed by atoms with Crippen molar-refractivity contribution in [1.29, 1.82) is 0 Å². The molecule has 2 heterocycles. The fraction of sp³-hybridized carbons (Fsp3) is 0.273. The van der Waals surface area contributed by atoms with E-state index < -0.39 is 0 Å². The lowest BCUT2D eigenvalue weighted by atomic mass is 10.4. The molecule has 0 amide bonds. The van der Waals surface area contributed by atoms with Crippen LogP contribution in [-0.4, -0.2) is 9.97 Å². The van der Waals surface area contributed by atoms with Crippen LogP contribution in [-0.2, 0) is 6.54 Å². The van der Waals surface area contributed by atoms with E-state index in [1.54, 1.807) is 6.20 Å². The van der Waals surface area contributed by atoms with Gasteiger partial charge in [0.15, 0.2) is 0 Å². The second-order valence-corrected chi connectivity index (χ2v) is 3.39. The molecule has 2 aromatic heterocycles. The SMILES string of the molecule is Cc1ccnc(NCc2ccc(C)o2)n1. The molecule has 0 saturated carbocycles. The van der Waals surface area contributed by atoms with Crippen LogP contribution in [0.3, 0.4) is 0 Å². The second-order valence-electron chi connectivity index (χ2n) is 3.39. The number of rotatable bonds is 3. The molecule has 2 rings (SSSR count). The first-order valence-corrected chi connectivity index (χ1v) is 4.83. The minimum absolute atomic E-state index is 0.608. The molecule has 0 radical (unpaired) electrons. The second kappa shape index (κ2) is 4.13. The molecule has 4 heteroatoms. The predicted octanol–water partition coefficient (Wildman–Crippen LogP) is 2.30. The molecule has 2 aromatic rings. The lowest BCUT2D eigenvalue weighted by Crippen LogP contribution is -2.02. The summed E-state index contributed by atoms with van der Waals surface area (Å²) in [5.41, 5.74) is 0.947. The molecule has 15 heavy (non-hydrogen) atoms. The average Bonchev–Trinajstić information content (AvgIpc) is 2.62. The zero-order chi connectivity index (χ0) is 10.7. The smallest absolute Gasteiger partial charge is 0.223 e. The molecule has 1 N–H and O–H groups in total. The topological polar surface area (TPSA) is 51.0 Å². The van der Waals surface area contributed by atoms with Gasteiger partial charge in [0.1, 0.15) is 11.5 Å². The summed E-state index contributed by atoms with van der Waals surface area (Å²) in [4.78, 5) is 8.33. The molecule has 0 atom stereocenters. The van der Waals surface area contributed by atoms with E-state index in [4.69, 9.17) is 4.42 Å². The Morgan fingerprint density at radius 3 is 2.80 bits per heavy atom. The van der Waals surface area contributed by atoms with Gasteiger partial charge in [-0.05, 0) is 32.0 Å². The number of hydrogen-bond acceptors (Lipinski definition) is 4. The maximum atomic E-state index is 5.42. The van der Waals surface area contributed by atoms with E-state index in [0.29, 0.717) is 12.5 Å². The van der Waals surface area contributed by atoms with Crippen molar-refractivity contribution in [2.45, 2.75) is 20.4 Å². The van der Waals surface area contributed by atoms with Crippen LogP contribution in [0.2, 0.25) is 0 Å². The summed E-state index contributed by atoms with van der Waals surface area (Å²) in [5.74, 6) is 2.43. The first-order chi connectivity index (χ1) is 7.24. The van der Waals surface area contributed by atoms with Crippen LogP contribution in [0.15, 0.2) is 28.8 Å². The highest BCUT2D eigenvalue weighted by molar-refractivity contribution is 5.25. The zero-order valence-electron chi connectivity index (χ0n) is 8.82. The summed E-state index contributed by atoms with van der Waals surface area (Å²) in [6, 6.07) is 5.74. The van der Waals surface area contributed by atoms with Gasteiger partial charge in [0, 0.05) is 11.9 Å². The molecule has 0 bridgehead atoms. The van der Waals surface area contributed by atoms with Crippen LogP contribution >= 0.6 is 0 Å². The third kappa shape index (κ3) is 2.56. The predicted molar refractivity (Wildman–Crippen MR) is 57.5 cm³/mol. The van der Waals surface area contributed by atoms with Crippen molar-refractivity contribution >= 4 is 5.95 Å². The van der Waals surface area contributed by atoms with Gasteiger partial charge >= 0.3 is 0 Å². The monoisotopic (exact) mass is 203 g/mol. The minimum atomic E-state index is 0.608. The van der Waals surface area contributed by atoms with Crippen LogP contribution in [0.1, 0.15) is 17.2 Å². The molecule has 0 aliphatic carbocycles. The van der Waals surface area contributed by atoms with Crippen LogP contribution in [0, 0.1) is 13.8 Å². The Labute approximate surface area is 88.4 Å². The fourth-order valence-electron chi connectivity index (χ4n) is 1.28. The highest BCUT2D eigenvalue weighted by Gasteiger charge is 1.99. The molecular formula is C11H13N3O. The Morgan fingerprint density at radius 2 is 2.13 bits per heavy atom. The van der Waals surface area contributed by atoms with E-state index in [1.807, 2.05) is 32.0 Å². The number of anilines is 1. The Bertz CT molecular complexity index is 451. The Balaban J connectivity index is 1.99. The Morgan fingerprint density at radius 1 is 1.27 bits per heavy atom.